The zero-order valence-corrected chi connectivity index (χ0v) is 16.1. The van der Waals surface area contributed by atoms with Gasteiger partial charge >= 0.3 is 5.97 Å². The Kier molecular flexibility index (Phi) is 7.94. The molecule has 0 aliphatic carbocycles. The van der Waals surface area contributed by atoms with Gasteiger partial charge in [0.15, 0.2) is 0 Å². The van der Waals surface area contributed by atoms with E-state index in [1.165, 1.54) is 16.7 Å². The summed E-state index contributed by atoms with van der Waals surface area (Å²) in [5.74, 6) is -0.498. The summed E-state index contributed by atoms with van der Waals surface area (Å²) in [5, 5.41) is 0. The maximum Gasteiger partial charge on any atom is 0.343 e. The number of hydrogen-bond donors (Lipinski definition) is 0. The molecule has 0 fully saturated rings. The van der Waals surface area contributed by atoms with Gasteiger partial charge in [0.2, 0.25) is 0 Å². The Morgan fingerprint density at radius 1 is 0.875 bits per heavy atom. The molecule has 24 heavy (non-hydrogen) atoms. The average Bonchev–Trinajstić information content (AvgIpc) is 2.55. The lowest BCUT2D eigenvalue weighted by Crippen LogP contribution is -2.05. The zero-order valence-electron chi connectivity index (χ0n) is 15.2. The summed E-state index contributed by atoms with van der Waals surface area (Å²) in [7, 11) is -2.75. The van der Waals surface area contributed by atoms with Gasteiger partial charge in [-0.25, -0.2) is 4.79 Å². The third-order valence-corrected chi connectivity index (χ3v) is 6.01. The Hall–Kier alpha value is -1.86. The van der Waals surface area contributed by atoms with E-state index in [1.54, 1.807) is 38.1 Å². The molecule has 0 N–H and O–H groups in total. The standard InChI is InChI=1S/C11H15O3P.C9H12/c1-3-15(13,4-2)14-11(12)10-8-6-5-7-9-10;1-7-4-8(2)6-9(3)5-7/h5-9H,3-4H2,1-2H3;4-6H,1-3H3. The van der Waals surface area contributed by atoms with Crippen LogP contribution >= 0.6 is 7.37 Å². The van der Waals surface area contributed by atoms with E-state index >= 15 is 0 Å². The molecule has 0 aliphatic heterocycles. The molecule has 3 nitrogen and oxygen atoms in total. The van der Waals surface area contributed by atoms with E-state index in [9.17, 15) is 9.36 Å². The zero-order chi connectivity index (χ0) is 18.2. The van der Waals surface area contributed by atoms with Crippen molar-refractivity contribution in [2.24, 2.45) is 0 Å². The van der Waals surface area contributed by atoms with Crippen LogP contribution in [0.25, 0.3) is 0 Å². The Morgan fingerprint density at radius 2 is 1.29 bits per heavy atom. The van der Waals surface area contributed by atoms with Crippen molar-refractivity contribution in [1.82, 2.24) is 0 Å². The van der Waals surface area contributed by atoms with Gasteiger partial charge in [0.05, 0.1) is 5.56 Å². The molecule has 2 rings (SSSR count). The molecule has 0 aromatic heterocycles. The predicted molar refractivity (Wildman–Crippen MR) is 101 cm³/mol. The quantitative estimate of drug-likeness (QED) is 0.660. The number of rotatable bonds is 4. The van der Waals surface area contributed by atoms with E-state index in [0.29, 0.717) is 17.9 Å². The molecule has 0 saturated carbocycles. The maximum atomic E-state index is 11.9. The number of carbonyl (C=O) groups excluding carboxylic acids is 1. The molecule has 130 valence electrons. The summed E-state index contributed by atoms with van der Waals surface area (Å²) in [4.78, 5) is 11.6. The highest BCUT2D eigenvalue weighted by molar-refractivity contribution is 7.59. The van der Waals surface area contributed by atoms with Crippen molar-refractivity contribution < 1.29 is 13.9 Å². The van der Waals surface area contributed by atoms with E-state index in [0.717, 1.165) is 0 Å². The van der Waals surface area contributed by atoms with Crippen molar-refractivity contribution in [2.75, 3.05) is 12.3 Å². The minimum Gasteiger partial charge on any atom is -0.408 e. The summed E-state index contributed by atoms with van der Waals surface area (Å²) in [6.07, 6.45) is 0.782. The van der Waals surface area contributed by atoms with E-state index in [1.807, 2.05) is 6.07 Å². The third kappa shape index (κ3) is 6.72. The van der Waals surface area contributed by atoms with Crippen molar-refractivity contribution in [1.29, 1.82) is 0 Å². The Morgan fingerprint density at radius 3 is 1.67 bits per heavy atom. The lowest BCUT2D eigenvalue weighted by molar-refractivity contribution is 0.0741. The van der Waals surface area contributed by atoms with Crippen molar-refractivity contribution in [3.63, 3.8) is 0 Å². The van der Waals surface area contributed by atoms with Gasteiger partial charge < -0.3 is 4.52 Å². The fourth-order valence-electron chi connectivity index (χ4n) is 2.33. The van der Waals surface area contributed by atoms with Crippen molar-refractivity contribution >= 4 is 13.3 Å². The van der Waals surface area contributed by atoms with Gasteiger partial charge in [-0.15, -0.1) is 0 Å². The van der Waals surface area contributed by atoms with Gasteiger partial charge in [-0.2, -0.15) is 0 Å². The summed E-state index contributed by atoms with van der Waals surface area (Å²) in [5.41, 5.74) is 4.51. The second-order valence-corrected chi connectivity index (χ2v) is 8.93. The normalized spacial score (nSPS) is 10.5. The van der Waals surface area contributed by atoms with E-state index in [2.05, 4.69) is 39.0 Å². The molecule has 4 heteroatoms. The van der Waals surface area contributed by atoms with Crippen LogP contribution in [0.4, 0.5) is 0 Å². The fraction of sp³-hybridized carbons (Fsp3) is 0.350. The molecule has 0 bridgehead atoms. The van der Waals surface area contributed by atoms with Crippen LogP contribution in [0.1, 0.15) is 40.9 Å². The van der Waals surface area contributed by atoms with Gasteiger partial charge in [0.1, 0.15) is 0 Å². The van der Waals surface area contributed by atoms with Gasteiger partial charge in [-0.3, -0.25) is 4.57 Å². The monoisotopic (exact) mass is 346 g/mol. The van der Waals surface area contributed by atoms with E-state index in [4.69, 9.17) is 4.52 Å². The van der Waals surface area contributed by atoms with Gasteiger partial charge in [0.25, 0.3) is 7.37 Å². The third-order valence-electron chi connectivity index (χ3n) is 3.59. The van der Waals surface area contributed by atoms with Crippen LogP contribution in [0.2, 0.25) is 0 Å². The summed E-state index contributed by atoms with van der Waals surface area (Å²) in [6.45, 7) is 9.91. The smallest absolute Gasteiger partial charge is 0.343 e. The first-order valence-electron chi connectivity index (χ1n) is 8.21. The van der Waals surface area contributed by atoms with Crippen molar-refractivity contribution in [3.8, 4) is 0 Å². The minimum atomic E-state index is -2.75. The molecule has 0 amide bonds. The molecule has 0 saturated heterocycles. The van der Waals surface area contributed by atoms with E-state index in [-0.39, 0.29) is 0 Å². The molecular weight excluding hydrogens is 319 g/mol. The molecular formula is C20H27O3P. The SMILES string of the molecule is CCP(=O)(CC)OC(=O)c1ccccc1.Cc1cc(C)cc(C)c1. The Bertz CT molecular complexity index is 650. The topological polar surface area (TPSA) is 43.4 Å². The van der Waals surface area contributed by atoms with Crippen LogP contribution in [-0.4, -0.2) is 18.3 Å². The molecule has 0 aliphatic rings. The number of carbonyl (C=O) groups is 1. The van der Waals surface area contributed by atoms with Crippen LogP contribution in [0.3, 0.4) is 0 Å². The van der Waals surface area contributed by atoms with Crippen LogP contribution in [-0.2, 0) is 9.09 Å². The number of aryl methyl sites for hydroxylation is 3. The van der Waals surface area contributed by atoms with Crippen LogP contribution in [0.5, 0.6) is 0 Å². The summed E-state index contributed by atoms with van der Waals surface area (Å²) < 4.78 is 16.9. The second kappa shape index (κ2) is 9.44. The largest absolute Gasteiger partial charge is 0.408 e. The van der Waals surface area contributed by atoms with Crippen molar-refractivity contribution in [3.05, 3.63) is 70.8 Å². The van der Waals surface area contributed by atoms with Gasteiger partial charge in [-0.1, -0.05) is 66.9 Å². The molecule has 2 aromatic rings. The van der Waals surface area contributed by atoms with E-state index < -0.39 is 13.3 Å². The molecule has 0 heterocycles. The fourth-order valence-corrected chi connectivity index (χ4v) is 3.45. The highest BCUT2D eigenvalue weighted by Crippen LogP contribution is 2.46. The number of hydrogen-bond acceptors (Lipinski definition) is 3. The minimum absolute atomic E-state index is 0.391. The highest BCUT2D eigenvalue weighted by Gasteiger charge is 2.23. The Balaban J connectivity index is 0.000000272. The molecule has 0 spiro atoms. The molecule has 2 aromatic carbocycles. The first-order chi connectivity index (χ1) is 11.3. The second-order valence-electron chi connectivity index (χ2n) is 5.86. The highest BCUT2D eigenvalue weighted by atomic mass is 31.2. The maximum absolute atomic E-state index is 11.9. The van der Waals surface area contributed by atoms with Crippen LogP contribution < -0.4 is 0 Å². The number of benzene rings is 2. The van der Waals surface area contributed by atoms with Crippen LogP contribution in [0.15, 0.2) is 48.5 Å². The lowest BCUT2D eigenvalue weighted by Gasteiger charge is -2.14. The summed E-state index contributed by atoms with van der Waals surface area (Å²) in [6, 6.07) is 15.2. The van der Waals surface area contributed by atoms with Crippen molar-refractivity contribution in [2.45, 2.75) is 34.6 Å². The first-order valence-corrected chi connectivity index (χ1v) is 10.2. The lowest BCUT2D eigenvalue weighted by atomic mass is 10.1. The predicted octanol–water partition coefficient (Wildman–Crippen LogP) is 5.77. The van der Waals surface area contributed by atoms with Crippen LogP contribution in [0, 0.1) is 20.8 Å². The molecule has 0 atom stereocenters. The van der Waals surface area contributed by atoms with Gasteiger partial charge in [-0.05, 0) is 32.9 Å². The first kappa shape index (κ1) is 20.2. The van der Waals surface area contributed by atoms with Gasteiger partial charge in [0, 0.05) is 12.3 Å². The average molecular weight is 346 g/mol. The molecule has 0 radical (unpaired) electrons. The molecule has 0 unspecified atom stereocenters. The summed E-state index contributed by atoms with van der Waals surface area (Å²) >= 11 is 0. The Labute approximate surface area is 145 Å².